The number of carboxylic acids is 1. The van der Waals surface area contributed by atoms with Gasteiger partial charge in [0.05, 0.1) is 29.4 Å². The van der Waals surface area contributed by atoms with Gasteiger partial charge in [-0.25, -0.2) is 9.78 Å². The van der Waals surface area contributed by atoms with Crippen molar-refractivity contribution < 1.29 is 19.2 Å². The van der Waals surface area contributed by atoms with Crippen LogP contribution < -0.4 is 4.74 Å². The Hall–Kier alpha value is -3.15. The number of pyridine rings is 1. The molecule has 0 aliphatic heterocycles. The van der Waals surface area contributed by atoms with Gasteiger partial charge in [0.25, 0.3) is 5.71 Å². The minimum atomic E-state index is -1.04. The molecule has 23 heavy (non-hydrogen) atoms. The molecule has 0 fully saturated rings. The van der Waals surface area contributed by atoms with Crippen LogP contribution in [0.15, 0.2) is 34.9 Å². The van der Waals surface area contributed by atoms with Gasteiger partial charge in [0.2, 0.25) is 0 Å². The van der Waals surface area contributed by atoms with Crippen LogP contribution in [0.5, 0.6) is 5.75 Å². The average Bonchev–Trinajstić information content (AvgIpc) is 2.94. The third-order valence-electron chi connectivity index (χ3n) is 3.43. The van der Waals surface area contributed by atoms with E-state index < -0.39 is 5.97 Å². The van der Waals surface area contributed by atoms with Crippen LogP contribution in [0, 0.1) is 6.92 Å². The minimum Gasteiger partial charge on any atom is -0.497 e. The summed E-state index contributed by atoms with van der Waals surface area (Å²) >= 11 is 0. The summed E-state index contributed by atoms with van der Waals surface area (Å²) in [6.45, 7) is 1.69. The number of fused-ring (bicyclic) bond motifs is 1. The summed E-state index contributed by atoms with van der Waals surface area (Å²) in [5.74, 6) is -0.269. The molecule has 116 valence electrons. The molecule has 0 amide bonds. The Morgan fingerprint density at radius 3 is 2.65 bits per heavy atom. The molecule has 0 saturated heterocycles. The summed E-state index contributed by atoms with van der Waals surface area (Å²) in [6, 6.07) is 8.99. The Morgan fingerprint density at radius 1 is 1.26 bits per heavy atom. The molecule has 0 radical (unpaired) electrons. The largest absolute Gasteiger partial charge is 0.497 e. The maximum absolute atomic E-state index is 11.4. The molecule has 0 aliphatic rings. The fraction of sp³-hybridized carbons (Fsp3) is 0.118. The molecule has 3 rings (SSSR count). The number of benzene rings is 1. The van der Waals surface area contributed by atoms with Crippen LogP contribution in [-0.4, -0.2) is 28.3 Å². The number of aryl methyl sites for hydroxylation is 1. The van der Waals surface area contributed by atoms with Crippen molar-refractivity contribution in [1.29, 1.82) is 0 Å². The standard InChI is InChI=1S/C17H14N2O4/c1-10-15-14(17(20)21)9-12(18-16(15)23-19-10)6-3-11-4-7-13(22-2)8-5-11/h3-9H,1-2H3,(H,20,21)/b6-3+. The van der Waals surface area contributed by atoms with E-state index in [0.29, 0.717) is 16.8 Å². The second-order valence-electron chi connectivity index (χ2n) is 4.95. The Kier molecular flexibility index (Phi) is 3.80. The first kappa shape index (κ1) is 14.8. The van der Waals surface area contributed by atoms with Crippen LogP contribution in [-0.2, 0) is 0 Å². The van der Waals surface area contributed by atoms with Crippen LogP contribution in [0.2, 0.25) is 0 Å². The van der Waals surface area contributed by atoms with Crippen LogP contribution in [0.3, 0.4) is 0 Å². The minimum absolute atomic E-state index is 0.128. The topological polar surface area (TPSA) is 85.5 Å². The second kappa shape index (κ2) is 5.92. The lowest BCUT2D eigenvalue weighted by Crippen LogP contribution is -1.99. The van der Waals surface area contributed by atoms with Gasteiger partial charge in [-0.3, -0.25) is 0 Å². The summed E-state index contributed by atoms with van der Waals surface area (Å²) in [5, 5.41) is 13.6. The molecular formula is C17H14N2O4. The Morgan fingerprint density at radius 2 is 2.00 bits per heavy atom. The van der Waals surface area contributed by atoms with Gasteiger partial charge in [0.15, 0.2) is 0 Å². The Bertz CT molecular complexity index is 895. The molecule has 0 atom stereocenters. The first-order chi connectivity index (χ1) is 11.1. The number of methoxy groups -OCH3 is 1. The molecule has 2 aromatic heterocycles. The lowest BCUT2D eigenvalue weighted by atomic mass is 10.1. The highest BCUT2D eigenvalue weighted by atomic mass is 16.5. The molecule has 6 nitrogen and oxygen atoms in total. The lowest BCUT2D eigenvalue weighted by molar-refractivity contribution is 0.0699. The zero-order chi connectivity index (χ0) is 16.4. The van der Waals surface area contributed by atoms with E-state index in [1.165, 1.54) is 6.07 Å². The van der Waals surface area contributed by atoms with Crippen LogP contribution in [0.4, 0.5) is 0 Å². The predicted molar refractivity (Wildman–Crippen MR) is 85.4 cm³/mol. The summed E-state index contributed by atoms with van der Waals surface area (Å²) in [6.07, 6.45) is 3.56. The molecule has 0 spiro atoms. The molecule has 2 heterocycles. The molecule has 0 saturated carbocycles. The van der Waals surface area contributed by atoms with E-state index in [1.807, 2.05) is 30.3 Å². The fourth-order valence-electron chi connectivity index (χ4n) is 2.26. The quantitative estimate of drug-likeness (QED) is 0.794. The summed E-state index contributed by atoms with van der Waals surface area (Å²) in [4.78, 5) is 15.7. The van der Waals surface area contributed by atoms with Gasteiger partial charge in [0, 0.05) is 0 Å². The van der Waals surface area contributed by atoms with Gasteiger partial charge in [-0.15, -0.1) is 0 Å². The van der Waals surface area contributed by atoms with Crippen molar-refractivity contribution in [3.63, 3.8) is 0 Å². The molecule has 6 heteroatoms. The van der Waals surface area contributed by atoms with Crippen molar-refractivity contribution in [3.8, 4) is 5.75 Å². The lowest BCUT2D eigenvalue weighted by Gasteiger charge is -2.00. The zero-order valence-electron chi connectivity index (χ0n) is 12.6. The predicted octanol–water partition coefficient (Wildman–Crippen LogP) is 3.41. The Balaban J connectivity index is 1.99. The molecular weight excluding hydrogens is 296 g/mol. The van der Waals surface area contributed by atoms with E-state index in [1.54, 1.807) is 20.1 Å². The number of carboxylic acid groups (broad SMARTS) is 1. The van der Waals surface area contributed by atoms with E-state index in [2.05, 4.69) is 10.1 Å². The smallest absolute Gasteiger partial charge is 0.336 e. The van der Waals surface area contributed by atoms with E-state index in [4.69, 9.17) is 9.26 Å². The first-order valence-electron chi connectivity index (χ1n) is 6.91. The van der Waals surface area contributed by atoms with Crippen molar-refractivity contribution in [2.24, 2.45) is 0 Å². The normalized spacial score (nSPS) is 11.2. The van der Waals surface area contributed by atoms with Crippen LogP contribution in [0.25, 0.3) is 23.3 Å². The number of hydrogen-bond acceptors (Lipinski definition) is 5. The highest BCUT2D eigenvalue weighted by Crippen LogP contribution is 2.23. The van der Waals surface area contributed by atoms with Gasteiger partial charge in [0.1, 0.15) is 5.75 Å². The SMILES string of the molecule is COc1ccc(/C=C/c2cc(C(=O)O)c3c(C)noc3n2)cc1. The van der Waals surface area contributed by atoms with Crippen molar-refractivity contribution in [1.82, 2.24) is 10.1 Å². The number of hydrogen-bond donors (Lipinski definition) is 1. The molecule has 1 aromatic carbocycles. The maximum Gasteiger partial charge on any atom is 0.336 e. The molecule has 3 aromatic rings. The van der Waals surface area contributed by atoms with E-state index in [0.717, 1.165) is 11.3 Å². The van der Waals surface area contributed by atoms with Gasteiger partial charge < -0.3 is 14.4 Å². The number of nitrogens with zero attached hydrogens (tertiary/aromatic N) is 2. The van der Waals surface area contributed by atoms with Crippen LogP contribution in [0.1, 0.15) is 27.3 Å². The highest BCUT2D eigenvalue weighted by Gasteiger charge is 2.17. The maximum atomic E-state index is 11.4. The van der Waals surface area contributed by atoms with Crippen molar-refractivity contribution in [2.75, 3.05) is 7.11 Å². The van der Waals surface area contributed by atoms with Crippen molar-refractivity contribution in [3.05, 3.63) is 52.8 Å². The van der Waals surface area contributed by atoms with Gasteiger partial charge in [-0.1, -0.05) is 23.4 Å². The summed E-state index contributed by atoms with van der Waals surface area (Å²) in [7, 11) is 1.61. The number of aromatic nitrogens is 2. The fourth-order valence-corrected chi connectivity index (χ4v) is 2.26. The summed E-state index contributed by atoms with van der Waals surface area (Å²) < 4.78 is 10.2. The summed E-state index contributed by atoms with van der Waals surface area (Å²) in [5.41, 5.74) is 2.29. The average molecular weight is 310 g/mol. The Labute approximate surface area is 132 Å². The van der Waals surface area contributed by atoms with Gasteiger partial charge in [-0.05, 0) is 36.8 Å². The first-order valence-corrected chi connectivity index (χ1v) is 6.91. The number of carbonyl (C=O) groups is 1. The van der Waals surface area contributed by atoms with E-state index in [9.17, 15) is 9.90 Å². The molecule has 0 aliphatic carbocycles. The molecule has 0 bridgehead atoms. The third-order valence-corrected chi connectivity index (χ3v) is 3.43. The second-order valence-corrected chi connectivity index (χ2v) is 4.95. The van der Waals surface area contributed by atoms with E-state index in [-0.39, 0.29) is 11.3 Å². The molecule has 0 unspecified atom stereocenters. The zero-order valence-corrected chi connectivity index (χ0v) is 12.6. The molecule has 1 N–H and O–H groups in total. The van der Waals surface area contributed by atoms with Gasteiger partial charge >= 0.3 is 5.97 Å². The van der Waals surface area contributed by atoms with E-state index >= 15 is 0 Å². The third kappa shape index (κ3) is 2.91. The monoisotopic (exact) mass is 310 g/mol. The van der Waals surface area contributed by atoms with Crippen LogP contribution >= 0.6 is 0 Å². The number of aromatic carboxylic acids is 1. The number of rotatable bonds is 4. The van der Waals surface area contributed by atoms with Crippen molar-refractivity contribution >= 4 is 29.2 Å². The van der Waals surface area contributed by atoms with Crippen molar-refractivity contribution in [2.45, 2.75) is 6.92 Å². The highest BCUT2D eigenvalue weighted by molar-refractivity contribution is 6.02. The number of ether oxygens (including phenoxy) is 1. The van der Waals surface area contributed by atoms with Gasteiger partial charge in [-0.2, -0.15) is 0 Å².